The molecule has 33 heavy (non-hydrogen) atoms. The van der Waals surface area contributed by atoms with Crippen molar-refractivity contribution in [2.45, 2.75) is 19.5 Å². The summed E-state index contributed by atoms with van der Waals surface area (Å²) in [6, 6.07) is 16.7. The molecule has 168 valence electrons. The highest BCUT2D eigenvalue weighted by Crippen LogP contribution is 2.43. The predicted molar refractivity (Wildman–Crippen MR) is 123 cm³/mol. The first kappa shape index (κ1) is 22.1. The minimum atomic E-state index is -0.836. The van der Waals surface area contributed by atoms with Gasteiger partial charge in [0.1, 0.15) is 17.3 Å². The maximum atomic E-state index is 13.2. The zero-order chi connectivity index (χ0) is 23.4. The summed E-state index contributed by atoms with van der Waals surface area (Å²) < 4.78 is 11.1. The lowest BCUT2D eigenvalue weighted by Crippen LogP contribution is -2.29. The van der Waals surface area contributed by atoms with Crippen LogP contribution >= 0.6 is 0 Å². The number of carbonyl (C=O) groups is 2. The van der Waals surface area contributed by atoms with Gasteiger partial charge in [-0.15, -0.1) is 0 Å². The lowest BCUT2D eigenvalue weighted by molar-refractivity contribution is -0.140. The van der Waals surface area contributed by atoms with E-state index in [-0.39, 0.29) is 17.9 Å². The Morgan fingerprint density at radius 3 is 2.64 bits per heavy atom. The molecule has 1 fully saturated rings. The van der Waals surface area contributed by atoms with Gasteiger partial charge in [-0.05, 0) is 36.8 Å². The zero-order valence-electron chi connectivity index (χ0n) is 18.4. The monoisotopic (exact) mass is 444 g/mol. The van der Waals surface area contributed by atoms with Crippen LogP contribution in [0.1, 0.15) is 29.7 Å². The standard InChI is InChI=1S/C26H24N2O5/c1-3-33-19-10-6-9-18(14-19)24(29)22-23(20-11-4-5-12-21(20)32-2)28(26(31)25(22)30)16-17-8-7-13-27-15-17/h4-15,23,29H,3,16H2,1-2H3/b24-22-. The van der Waals surface area contributed by atoms with Crippen molar-refractivity contribution in [3.8, 4) is 11.5 Å². The topological polar surface area (TPSA) is 89.0 Å². The third-order valence-electron chi connectivity index (χ3n) is 5.47. The van der Waals surface area contributed by atoms with Crippen LogP contribution in [0.5, 0.6) is 11.5 Å². The number of aliphatic hydroxyl groups excluding tert-OH is 1. The highest BCUT2D eigenvalue weighted by Gasteiger charge is 2.47. The van der Waals surface area contributed by atoms with Gasteiger partial charge in [0.05, 0.1) is 25.3 Å². The second-order valence-electron chi connectivity index (χ2n) is 7.49. The Morgan fingerprint density at radius 2 is 1.91 bits per heavy atom. The van der Waals surface area contributed by atoms with Crippen molar-refractivity contribution in [2.24, 2.45) is 0 Å². The summed E-state index contributed by atoms with van der Waals surface area (Å²) in [6.07, 6.45) is 3.28. The van der Waals surface area contributed by atoms with E-state index in [1.165, 1.54) is 12.0 Å². The molecule has 0 radical (unpaired) electrons. The number of likely N-dealkylation sites (tertiary alicyclic amines) is 1. The molecule has 1 atom stereocenters. The fourth-order valence-corrected chi connectivity index (χ4v) is 4.00. The first-order valence-corrected chi connectivity index (χ1v) is 10.6. The third kappa shape index (κ3) is 4.30. The number of nitrogens with zero attached hydrogens (tertiary/aromatic N) is 2. The van der Waals surface area contributed by atoms with Gasteiger partial charge in [-0.2, -0.15) is 0 Å². The SMILES string of the molecule is CCOc1cccc(/C(O)=C2/C(=O)C(=O)N(Cc3cccnc3)C2c2ccccc2OC)c1. The van der Waals surface area contributed by atoms with Gasteiger partial charge in [-0.25, -0.2) is 0 Å². The Kier molecular flexibility index (Phi) is 6.40. The van der Waals surface area contributed by atoms with Crippen molar-refractivity contribution in [1.82, 2.24) is 9.88 Å². The van der Waals surface area contributed by atoms with Crippen LogP contribution in [0.25, 0.3) is 5.76 Å². The van der Waals surface area contributed by atoms with Crippen molar-refractivity contribution in [1.29, 1.82) is 0 Å². The smallest absolute Gasteiger partial charge is 0.295 e. The van der Waals surface area contributed by atoms with Gasteiger partial charge in [0.2, 0.25) is 0 Å². The maximum absolute atomic E-state index is 13.2. The van der Waals surface area contributed by atoms with Crippen LogP contribution in [0.2, 0.25) is 0 Å². The molecule has 0 spiro atoms. The van der Waals surface area contributed by atoms with Gasteiger partial charge < -0.3 is 19.5 Å². The number of carbonyl (C=O) groups excluding carboxylic acids is 2. The predicted octanol–water partition coefficient (Wildman–Crippen LogP) is 4.11. The van der Waals surface area contributed by atoms with E-state index in [2.05, 4.69) is 4.98 Å². The van der Waals surface area contributed by atoms with Gasteiger partial charge in [-0.3, -0.25) is 14.6 Å². The summed E-state index contributed by atoms with van der Waals surface area (Å²) in [7, 11) is 1.53. The number of aromatic nitrogens is 1. The van der Waals surface area contributed by atoms with Crippen LogP contribution in [0.3, 0.4) is 0 Å². The first-order valence-electron chi connectivity index (χ1n) is 10.6. The summed E-state index contributed by atoms with van der Waals surface area (Å²) in [5.74, 6) is -0.652. The number of hydrogen-bond donors (Lipinski definition) is 1. The Bertz CT molecular complexity index is 1210. The Hall–Kier alpha value is -4.13. The van der Waals surface area contributed by atoms with E-state index in [1.54, 1.807) is 67.0 Å². The normalized spacial score (nSPS) is 17.3. The molecule has 7 nitrogen and oxygen atoms in total. The maximum Gasteiger partial charge on any atom is 0.295 e. The summed E-state index contributed by atoms with van der Waals surface area (Å²) in [5, 5.41) is 11.3. The van der Waals surface area contributed by atoms with Gasteiger partial charge in [0.25, 0.3) is 11.7 Å². The number of aliphatic hydroxyl groups is 1. The molecule has 7 heteroatoms. The minimum absolute atomic E-state index is 0.00189. The average molecular weight is 444 g/mol. The number of hydrogen-bond acceptors (Lipinski definition) is 6. The van der Waals surface area contributed by atoms with E-state index in [9.17, 15) is 14.7 Å². The summed E-state index contributed by atoms with van der Waals surface area (Å²) in [6.45, 7) is 2.47. The van der Waals surface area contributed by atoms with E-state index in [0.717, 1.165) is 5.56 Å². The van der Waals surface area contributed by atoms with Crippen LogP contribution in [0, 0.1) is 0 Å². The fourth-order valence-electron chi connectivity index (χ4n) is 4.00. The van der Waals surface area contributed by atoms with E-state index in [0.29, 0.717) is 29.2 Å². The van der Waals surface area contributed by atoms with Gasteiger partial charge in [0.15, 0.2) is 0 Å². The number of benzene rings is 2. The molecule has 1 aliphatic rings. The van der Waals surface area contributed by atoms with E-state index in [1.807, 2.05) is 13.0 Å². The first-order chi connectivity index (χ1) is 16.0. The van der Waals surface area contributed by atoms with Gasteiger partial charge in [0, 0.05) is 30.1 Å². The van der Waals surface area contributed by atoms with Crippen LogP contribution in [0.4, 0.5) is 0 Å². The van der Waals surface area contributed by atoms with Crippen LogP contribution in [-0.4, -0.2) is 40.4 Å². The average Bonchev–Trinajstić information content (AvgIpc) is 3.09. The molecule has 1 N–H and O–H groups in total. The molecule has 1 aliphatic heterocycles. The Balaban J connectivity index is 1.89. The quantitative estimate of drug-likeness (QED) is 0.335. The van der Waals surface area contributed by atoms with E-state index >= 15 is 0 Å². The molecular weight excluding hydrogens is 420 g/mol. The molecular formula is C26H24N2O5. The fraction of sp³-hybridized carbons (Fsp3) is 0.192. The second-order valence-corrected chi connectivity index (χ2v) is 7.49. The molecule has 2 heterocycles. The molecule has 0 saturated carbocycles. The number of amides is 1. The Morgan fingerprint density at radius 1 is 1.09 bits per heavy atom. The molecule has 3 aromatic rings. The number of ether oxygens (including phenoxy) is 2. The van der Waals surface area contributed by atoms with Gasteiger partial charge in [-0.1, -0.05) is 36.4 Å². The molecule has 1 unspecified atom stereocenters. The highest BCUT2D eigenvalue weighted by molar-refractivity contribution is 6.46. The van der Waals surface area contributed by atoms with Gasteiger partial charge >= 0.3 is 0 Å². The molecule has 1 saturated heterocycles. The number of methoxy groups -OCH3 is 1. The molecule has 0 bridgehead atoms. The highest BCUT2D eigenvalue weighted by atomic mass is 16.5. The molecule has 4 rings (SSSR count). The number of Topliss-reactive ketones (excluding diaryl/α,β-unsaturated/α-hetero) is 1. The van der Waals surface area contributed by atoms with Crippen molar-refractivity contribution < 1.29 is 24.2 Å². The summed E-state index contributed by atoms with van der Waals surface area (Å²) in [4.78, 5) is 31.9. The van der Waals surface area contributed by atoms with E-state index < -0.39 is 17.7 Å². The molecule has 0 aliphatic carbocycles. The lowest BCUT2D eigenvalue weighted by Gasteiger charge is -2.26. The molecule has 1 aromatic heterocycles. The number of pyridine rings is 1. The molecule has 1 amide bonds. The molecule has 2 aromatic carbocycles. The zero-order valence-corrected chi connectivity index (χ0v) is 18.4. The third-order valence-corrected chi connectivity index (χ3v) is 5.47. The largest absolute Gasteiger partial charge is 0.507 e. The number of rotatable bonds is 7. The van der Waals surface area contributed by atoms with Crippen molar-refractivity contribution in [2.75, 3.05) is 13.7 Å². The lowest BCUT2D eigenvalue weighted by atomic mass is 9.94. The second kappa shape index (κ2) is 9.56. The van der Waals surface area contributed by atoms with Crippen LogP contribution in [0.15, 0.2) is 78.6 Å². The number of para-hydroxylation sites is 1. The van der Waals surface area contributed by atoms with Crippen molar-refractivity contribution in [3.05, 3.63) is 95.3 Å². The Labute approximate surface area is 191 Å². The summed E-state index contributed by atoms with van der Waals surface area (Å²) >= 11 is 0. The minimum Gasteiger partial charge on any atom is -0.507 e. The van der Waals surface area contributed by atoms with E-state index in [4.69, 9.17) is 9.47 Å². The summed E-state index contributed by atoms with van der Waals surface area (Å²) in [5.41, 5.74) is 1.76. The van der Waals surface area contributed by atoms with Crippen LogP contribution < -0.4 is 9.47 Å². The van der Waals surface area contributed by atoms with Crippen LogP contribution in [-0.2, 0) is 16.1 Å². The van der Waals surface area contributed by atoms with Crippen molar-refractivity contribution >= 4 is 17.4 Å². The van der Waals surface area contributed by atoms with Crippen molar-refractivity contribution in [3.63, 3.8) is 0 Å². The number of ketones is 1.